The second-order valence-corrected chi connectivity index (χ2v) is 7.50. The van der Waals surface area contributed by atoms with Crippen LogP contribution in [0, 0.1) is 17.0 Å². The molecule has 1 saturated heterocycles. The predicted molar refractivity (Wildman–Crippen MR) is 105 cm³/mol. The molecule has 9 heteroatoms. The zero-order valence-electron chi connectivity index (χ0n) is 15.2. The fourth-order valence-corrected chi connectivity index (χ4v) is 4.03. The van der Waals surface area contributed by atoms with Crippen LogP contribution in [0.5, 0.6) is 5.75 Å². The summed E-state index contributed by atoms with van der Waals surface area (Å²) in [4.78, 5) is 29.5. The number of hydrogen-bond acceptors (Lipinski definition) is 8. The lowest BCUT2D eigenvalue weighted by atomic mass is 10.1. The summed E-state index contributed by atoms with van der Waals surface area (Å²) in [5.74, 6) is 0.170. The largest absolute Gasteiger partial charge is 0.494 e. The summed E-state index contributed by atoms with van der Waals surface area (Å²) in [5.41, 5.74) is 1.41. The van der Waals surface area contributed by atoms with E-state index in [1.807, 2.05) is 23.1 Å². The van der Waals surface area contributed by atoms with Crippen molar-refractivity contribution in [3.63, 3.8) is 0 Å². The van der Waals surface area contributed by atoms with E-state index in [4.69, 9.17) is 9.47 Å². The summed E-state index contributed by atoms with van der Waals surface area (Å²) in [6, 6.07) is 10.1. The Morgan fingerprint density at radius 2 is 2.11 bits per heavy atom. The van der Waals surface area contributed by atoms with Gasteiger partial charge in [0.1, 0.15) is 17.4 Å². The molecule has 1 aromatic heterocycles. The second kappa shape index (κ2) is 7.08. The van der Waals surface area contributed by atoms with Crippen molar-refractivity contribution in [2.24, 2.45) is 0 Å². The van der Waals surface area contributed by atoms with Gasteiger partial charge in [-0.05, 0) is 25.1 Å². The average Bonchev–Trinajstić information content (AvgIpc) is 3.07. The van der Waals surface area contributed by atoms with Gasteiger partial charge >= 0.3 is 5.97 Å². The lowest BCUT2D eigenvalue weighted by molar-refractivity contribution is -0.385. The molecule has 0 radical (unpaired) electrons. The van der Waals surface area contributed by atoms with Crippen LogP contribution in [0.3, 0.4) is 0 Å². The summed E-state index contributed by atoms with van der Waals surface area (Å²) >= 11 is 1.55. The van der Waals surface area contributed by atoms with Gasteiger partial charge in [0.25, 0.3) is 5.69 Å². The number of nitro benzene ring substituents is 1. The van der Waals surface area contributed by atoms with Crippen molar-refractivity contribution in [1.29, 1.82) is 0 Å². The Morgan fingerprint density at radius 1 is 1.32 bits per heavy atom. The van der Waals surface area contributed by atoms with Gasteiger partial charge in [0, 0.05) is 11.6 Å². The van der Waals surface area contributed by atoms with Gasteiger partial charge in [-0.25, -0.2) is 9.78 Å². The number of benzene rings is 2. The van der Waals surface area contributed by atoms with E-state index >= 15 is 0 Å². The number of fused-ring (bicyclic) bond motifs is 1. The van der Waals surface area contributed by atoms with Crippen LogP contribution in [0.4, 0.5) is 10.8 Å². The Labute approximate surface area is 164 Å². The molecule has 28 heavy (non-hydrogen) atoms. The smallest absolute Gasteiger partial charge is 0.338 e. The minimum atomic E-state index is -0.557. The second-order valence-electron chi connectivity index (χ2n) is 6.49. The topological polar surface area (TPSA) is 94.8 Å². The molecule has 0 atom stereocenters. The third-order valence-corrected chi connectivity index (χ3v) is 5.71. The molecule has 3 aromatic rings. The highest BCUT2D eigenvalue weighted by atomic mass is 32.1. The SMILES string of the molecule is COc1cccc2sc(N3CC(OC(=O)c4ccc(C)c([N+](=O)[O-])c4)C3)nc12. The third kappa shape index (κ3) is 3.24. The molecule has 1 fully saturated rings. The number of aromatic nitrogens is 1. The molecule has 0 unspecified atom stereocenters. The molecule has 0 saturated carbocycles. The molecule has 0 amide bonds. The highest BCUT2D eigenvalue weighted by Gasteiger charge is 2.33. The van der Waals surface area contributed by atoms with Gasteiger partial charge in [0.2, 0.25) is 0 Å². The highest BCUT2D eigenvalue weighted by molar-refractivity contribution is 7.22. The Bertz CT molecular complexity index is 1070. The molecule has 2 heterocycles. The number of nitrogens with zero attached hydrogens (tertiary/aromatic N) is 3. The number of nitro groups is 1. The summed E-state index contributed by atoms with van der Waals surface area (Å²) in [7, 11) is 1.61. The number of carbonyl (C=O) groups excluding carboxylic acids is 1. The number of rotatable bonds is 5. The van der Waals surface area contributed by atoms with Crippen molar-refractivity contribution < 1.29 is 19.2 Å². The number of thiazole rings is 1. The van der Waals surface area contributed by atoms with Crippen molar-refractivity contribution in [2.75, 3.05) is 25.1 Å². The van der Waals surface area contributed by atoms with Crippen LogP contribution in [0.25, 0.3) is 10.2 Å². The first-order valence-electron chi connectivity index (χ1n) is 8.61. The lowest BCUT2D eigenvalue weighted by Gasteiger charge is -2.38. The van der Waals surface area contributed by atoms with Crippen LogP contribution < -0.4 is 9.64 Å². The molecular formula is C19H17N3O5S. The van der Waals surface area contributed by atoms with Gasteiger partial charge in [-0.15, -0.1) is 0 Å². The van der Waals surface area contributed by atoms with E-state index in [1.54, 1.807) is 37.5 Å². The quantitative estimate of drug-likeness (QED) is 0.368. The molecule has 8 nitrogen and oxygen atoms in total. The Morgan fingerprint density at radius 3 is 2.82 bits per heavy atom. The molecule has 1 aliphatic heterocycles. The fraction of sp³-hybridized carbons (Fsp3) is 0.263. The minimum absolute atomic E-state index is 0.0897. The zero-order valence-corrected chi connectivity index (χ0v) is 16.1. The monoisotopic (exact) mass is 399 g/mol. The van der Waals surface area contributed by atoms with Crippen molar-refractivity contribution in [2.45, 2.75) is 13.0 Å². The van der Waals surface area contributed by atoms with E-state index in [0.717, 1.165) is 21.1 Å². The Balaban J connectivity index is 1.41. The molecule has 0 N–H and O–H groups in total. The summed E-state index contributed by atoms with van der Waals surface area (Å²) in [6.07, 6.45) is -0.276. The van der Waals surface area contributed by atoms with Crippen molar-refractivity contribution in [3.8, 4) is 5.75 Å². The number of carbonyl (C=O) groups is 1. The third-order valence-electron chi connectivity index (χ3n) is 4.62. The van der Waals surface area contributed by atoms with E-state index in [0.29, 0.717) is 18.7 Å². The predicted octanol–water partition coefficient (Wildman–Crippen LogP) is 3.57. The number of ether oxygens (including phenoxy) is 2. The normalized spacial score (nSPS) is 14.0. The van der Waals surface area contributed by atoms with Gasteiger partial charge in [-0.2, -0.15) is 0 Å². The molecule has 1 aliphatic rings. The molecule has 0 aliphatic carbocycles. The van der Waals surface area contributed by atoms with Crippen LogP contribution in [-0.2, 0) is 4.74 Å². The van der Waals surface area contributed by atoms with Crippen LogP contribution in [0.1, 0.15) is 15.9 Å². The maximum absolute atomic E-state index is 12.3. The number of aryl methyl sites for hydroxylation is 1. The molecule has 144 valence electrons. The number of methoxy groups -OCH3 is 1. The number of esters is 1. The number of para-hydroxylation sites is 1. The minimum Gasteiger partial charge on any atom is -0.494 e. The van der Waals surface area contributed by atoms with Crippen molar-refractivity contribution in [1.82, 2.24) is 4.98 Å². The summed E-state index contributed by atoms with van der Waals surface area (Å²) in [5, 5.41) is 11.9. The van der Waals surface area contributed by atoms with Crippen molar-refractivity contribution in [3.05, 3.63) is 57.6 Å². The maximum atomic E-state index is 12.3. The summed E-state index contributed by atoms with van der Waals surface area (Å²) in [6.45, 7) is 2.69. The first kappa shape index (κ1) is 18.2. The Hall–Kier alpha value is -3.20. The first-order valence-corrected chi connectivity index (χ1v) is 9.42. The van der Waals surface area contributed by atoms with Crippen LogP contribution in [-0.4, -0.2) is 42.2 Å². The number of anilines is 1. The van der Waals surface area contributed by atoms with Gasteiger partial charge in [-0.1, -0.05) is 23.5 Å². The van der Waals surface area contributed by atoms with Gasteiger partial charge in [-0.3, -0.25) is 10.1 Å². The van der Waals surface area contributed by atoms with Gasteiger partial charge in [0.15, 0.2) is 5.13 Å². The molecule has 0 spiro atoms. The zero-order chi connectivity index (χ0) is 19.8. The fourth-order valence-electron chi connectivity index (χ4n) is 3.03. The average molecular weight is 399 g/mol. The van der Waals surface area contributed by atoms with Gasteiger partial charge < -0.3 is 14.4 Å². The van der Waals surface area contributed by atoms with Crippen molar-refractivity contribution >= 4 is 38.3 Å². The van der Waals surface area contributed by atoms with E-state index in [9.17, 15) is 14.9 Å². The van der Waals surface area contributed by atoms with E-state index < -0.39 is 10.9 Å². The molecule has 4 rings (SSSR count). The van der Waals surface area contributed by atoms with Crippen LogP contribution in [0.15, 0.2) is 36.4 Å². The van der Waals surface area contributed by atoms with Crippen LogP contribution in [0.2, 0.25) is 0 Å². The van der Waals surface area contributed by atoms with E-state index in [1.165, 1.54) is 6.07 Å². The van der Waals surface area contributed by atoms with E-state index in [2.05, 4.69) is 4.98 Å². The number of hydrogen-bond donors (Lipinski definition) is 0. The summed E-state index contributed by atoms with van der Waals surface area (Å²) < 4.78 is 11.8. The molecule has 2 aromatic carbocycles. The molecular weight excluding hydrogens is 382 g/mol. The molecule has 0 bridgehead atoms. The highest BCUT2D eigenvalue weighted by Crippen LogP contribution is 2.36. The van der Waals surface area contributed by atoms with Crippen LogP contribution >= 0.6 is 11.3 Å². The standard InChI is InChI=1S/C19H17N3O5S/c1-11-6-7-12(8-14(11)22(24)25)18(23)27-13-9-21(10-13)19-20-17-15(26-2)4-3-5-16(17)28-19/h3-8,13H,9-10H2,1-2H3. The Kier molecular flexibility index (Phi) is 4.60. The maximum Gasteiger partial charge on any atom is 0.338 e. The first-order chi connectivity index (χ1) is 13.5. The van der Waals surface area contributed by atoms with Gasteiger partial charge in [0.05, 0.1) is 35.4 Å². The van der Waals surface area contributed by atoms with E-state index in [-0.39, 0.29) is 17.4 Å². The lowest BCUT2D eigenvalue weighted by Crippen LogP contribution is -2.53.